The molecule has 0 bridgehead atoms. The highest BCUT2D eigenvalue weighted by molar-refractivity contribution is 5.77. The molecule has 0 radical (unpaired) electrons. The second kappa shape index (κ2) is 5.24. The van der Waals surface area contributed by atoms with Gasteiger partial charge in [-0.2, -0.15) is 4.98 Å². The average molecular weight is 285 g/mol. The van der Waals surface area contributed by atoms with Gasteiger partial charge in [0.1, 0.15) is 11.3 Å². The first-order chi connectivity index (χ1) is 10.1. The number of hydrogen-bond donors (Lipinski definition) is 0. The van der Waals surface area contributed by atoms with Gasteiger partial charge in [-0.3, -0.25) is 0 Å². The van der Waals surface area contributed by atoms with E-state index in [0.717, 1.165) is 16.7 Å². The number of aromatic nitrogens is 2. The Balaban J connectivity index is 1.87. The molecule has 3 rings (SSSR count). The van der Waals surface area contributed by atoms with Crippen LogP contribution < -0.4 is 4.90 Å². The molecule has 2 heterocycles. The van der Waals surface area contributed by atoms with Crippen LogP contribution in [0, 0.1) is 0 Å². The van der Waals surface area contributed by atoms with Crippen molar-refractivity contribution in [2.75, 3.05) is 11.9 Å². The number of fused-ring (bicyclic) bond motifs is 1. The Labute approximate surface area is 123 Å². The van der Waals surface area contributed by atoms with Crippen LogP contribution in [0.2, 0.25) is 0 Å². The van der Waals surface area contributed by atoms with Crippen molar-refractivity contribution < 1.29 is 8.94 Å². The first kappa shape index (κ1) is 13.7. The predicted octanol–water partition coefficient (Wildman–Crippen LogP) is 4.14. The highest BCUT2D eigenvalue weighted by Crippen LogP contribution is 2.29. The summed E-state index contributed by atoms with van der Waals surface area (Å²) in [6, 6.07) is 10.5. The quantitative estimate of drug-likeness (QED) is 0.721. The summed E-state index contributed by atoms with van der Waals surface area (Å²) >= 11 is 0. The van der Waals surface area contributed by atoms with Gasteiger partial charge < -0.3 is 13.8 Å². The van der Waals surface area contributed by atoms with Gasteiger partial charge in [0, 0.05) is 18.4 Å². The third-order valence-corrected chi connectivity index (χ3v) is 3.69. The molecule has 0 saturated carbocycles. The monoisotopic (exact) mass is 285 g/mol. The Hall–Kier alpha value is -2.30. The van der Waals surface area contributed by atoms with Gasteiger partial charge in [-0.25, -0.2) is 0 Å². The summed E-state index contributed by atoms with van der Waals surface area (Å²) in [5, 5.41) is 5.10. The Bertz CT molecular complexity index is 712. The van der Waals surface area contributed by atoms with E-state index in [2.05, 4.69) is 23.1 Å². The molecule has 0 aliphatic rings. The smallest absolute Gasteiger partial charge is 0.324 e. The maximum absolute atomic E-state index is 5.90. The first-order valence-electron chi connectivity index (χ1n) is 7.11. The van der Waals surface area contributed by atoms with Crippen molar-refractivity contribution in [1.82, 2.24) is 10.1 Å². The summed E-state index contributed by atoms with van der Waals surface area (Å²) in [4.78, 5) is 6.34. The van der Waals surface area contributed by atoms with Crippen molar-refractivity contribution in [3.63, 3.8) is 0 Å². The van der Waals surface area contributed by atoms with Crippen LogP contribution in [0.5, 0.6) is 0 Å². The molecule has 2 aromatic heterocycles. The molecule has 0 aliphatic heterocycles. The Morgan fingerprint density at radius 1 is 1.14 bits per heavy atom. The van der Waals surface area contributed by atoms with Gasteiger partial charge in [0.2, 0.25) is 0 Å². The molecular formula is C16H19N3O2. The zero-order chi connectivity index (χ0) is 15.0. The summed E-state index contributed by atoms with van der Waals surface area (Å²) in [7, 11) is 1.93. The fourth-order valence-electron chi connectivity index (χ4n) is 2.17. The lowest BCUT2D eigenvalue weighted by Crippen LogP contribution is -2.21. The number of nitrogens with zero attached hydrogens (tertiary/aromatic N) is 3. The largest absolute Gasteiger partial charge is 0.459 e. The molecule has 0 aliphatic carbocycles. The van der Waals surface area contributed by atoms with Crippen molar-refractivity contribution >= 4 is 17.0 Å². The minimum absolute atomic E-state index is 0.0119. The number of furan rings is 1. The zero-order valence-corrected chi connectivity index (χ0v) is 12.7. The van der Waals surface area contributed by atoms with Gasteiger partial charge in [-0.1, -0.05) is 37.2 Å². The van der Waals surface area contributed by atoms with Crippen molar-refractivity contribution in [3.05, 3.63) is 41.9 Å². The molecule has 0 saturated heterocycles. The summed E-state index contributed by atoms with van der Waals surface area (Å²) in [5.41, 5.74) is 0.890. The van der Waals surface area contributed by atoms with Gasteiger partial charge in [0.25, 0.3) is 0 Å². The Morgan fingerprint density at radius 2 is 1.90 bits per heavy atom. The first-order valence-corrected chi connectivity index (χ1v) is 7.11. The van der Waals surface area contributed by atoms with E-state index in [-0.39, 0.29) is 12.0 Å². The molecule has 0 fully saturated rings. The third kappa shape index (κ3) is 2.51. The van der Waals surface area contributed by atoms with Gasteiger partial charge >= 0.3 is 6.01 Å². The van der Waals surface area contributed by atoms with E-state index in [1.54, 1.807) is 0 Å². The van der Waals surface area contributed by atoms with Crippen molar-refractivity contribution in [1.29, 1.82) is 0 Å². The van der Waals surface area contributed by atoms with E-state index >= 15 is 0 Å². The van der Waals surface area contributed by atoms with Crippen LogP contribution >= 0.6 is 0 Å². The molecule has 3 aromatic rings. The molecule has 0 N–H and O–H groups in total. The maximum Gasteiger partial charge on any atom is 0.324 e. The van der Waals surface area contributed by atoms with E-state index in [9.17, 15) is 0 Å². The molecule has 1 atom stereocenters. The highest BCUT2D eigenvalue weighted by atomic mass is 16.5. The minimum atomic E-state index is 0.0119. The van der Waals surface area contributed by atoms with Crippen LogP contribution in [0.25, 0.3) is 11.0 Å². The second-order valence-electron chi connectivity index (χ2n) is 5.56. The van der Waals surface area contributed by atoms with E-state index in [1.807, 2.05) is 50.1 Å². The fraction of sp³-hybridized carbons (Fsp3) is 0.375. The summed E-state index contributed by atoms with van der Waals surface area (Å²) < 4.78 is 11.2. The fourth-order valence-corrected chi connectivity index (χ4v) is 2.17. The molecule has 1 aromatic carbocycles. The van der Waals surface area contributed by atoms with Gasteiger partial charge in [-0.05, 0) is 19.1 Å². The van der Waals surface area contributed by atoms with Gasteiger partial charge in [0.15, 0.2) is 5.82 Å². The van der Waals surface area contributed by atoms with Crippen LogP contribution in [0.4, 0.5) is 6.01 Å². The van der Waals surface area contributed by atoms with E-state index in [0.29, 0.717) is 11.8 Å². The average Bonchev–Trinajstić information content (AvgIpc) is 3.12. The lowest BCUT2D eigenvalue weighted by atomic mass is 10.2. The molecular weight excluding hydrogens is 266 g/mol. The number of rotatable bonds is 4. The maximum atomic E-state index is 5.90. The Morgan fingerprint density at radius 3 is 2.57 bits per heavy atom. The van der Waals surface area contributed by atoms with Crippen molar-refractivity contribution in [3.8, 4) is 0 Å². The molecule has 0 amide bonds. The van der Waals surface area contributed by atoms with E-state index in [4.69, 9.17) is 8.94 Å². The molecule has 5 heteroatoms. The molecule has 5 nitrogen and oxygen atoms in total. The lowest BCUT2D eigenvalue weighted by molar-refractivity contribution is 0.393. The van der Waals surface area contributed by atoms with Gasteiger partial charge in [0.05, 0.1) is 6.04 Å². The predicted molar refractivity (Wildman–Crippen MR) is 81.4 cm³/mol. The second-order valence-corrected chi connectivity index (χ2v) is 5.56. The molecule has 0 spiro atoms. The topological polar surface area (TPSA) is 55.3 Å². The minimum Gasteiger partial charge on any atom is -0.459 e. The normalized spacial score (nSPS) is 13.0. The SMILES string of the molecule is CC(C)c1noc(N(C)C(C)c2cc3ccccc3o2)n1. The zero-order valence-electron chi connectivity index (χ0n) is 12.7. The summed E-state index contributed by atoms with van der Waals surface area (Å²) in [6.07, 6.45) is 0. The third-order valence-electron chi connectivity index (χ3n) is 3.69. The molecule has 110 valence electrons. The Kier molecular flexibility index (Phi) is 3.41. The molecule has 1 unspecified atom stereocenters. The van der Waals surface area contributed by atoms with Crippen molar-refractivity contribution in [2.24, 2.45) is 0 Å². The van der Waals surface area contributed by atoms with Crippen LogP contribution in [-0.2, 0) is 0 Å². The highest BCUT2D eigenvalue weighted by Gasteiger charge is 2.21. The number of hydrogen-bond acceptors (Lipinski definition) is 5. The number of para-hydroxylation sites is 1. The van der Waals surface area contributed by atoms with Crippen LogP contribution in [0.3, 0.4) is 0 Å². The van der Waals surface area contributed by atoms with Crippen molar-refractivity contribution in [2.45, 2.75) is 32.7 Å². The number of benzene rings is 1. The molecule has 21 heavy (non-hydrogen) atoms. The number of anilines is 1. The summed E-state index contributed by atoms with van der Waals surface area (Å²) in [6.45, 7) is 6.13. The van der Waals surface area contributed by atoms with Crippen LogP contribution in [0.15, 0.2) is 39.3 Å². The lowest BCUT2D eigenvalue weighted by Gasteiger charge is -2.20. The van der Waals surface area contributed by atoms with E-state index in [1.165, 1.54) is 0 Å². The van der Waals surface area contributed by atoms with E-state index < -0.39 is 0 Å². The van der Waals surface area contributed by atoms with Crippen LogP contribution in [0.1, 0.15) is 44.3 Å². The summed E-state index contributed by atoms with van der Waals surface area (Å²) in [5.74, 6) is 1.84. The van der Waals surface area contributed by atoms with Crippen LogP contribution in [-0.4, -0.2) is 17.2 Å². The standard InChI is InChI=1S/C16H19N3O2/c1-10(2)15-17-16(21-18-15)19(4)11(3)14-9-12-7-5-6-8-13(12)20-14/h5-11H,1-4H3. The van der Waals surface area contributed by atoms with Gasteiger partial charge in [-0.15, -0.1) is 0 Å².